The fourth-order valence-corrected chi connectivity index (χ4v) is 1.76. The van der Waals surface area contributed by atoms with E-state index in [0.717, 1.165) is 12.5 Å². The summed E-state index contributed by atoms with van der Waals surface area (Å²) in [5, 5.41) is 0. The topological polar surface area (TPSA) is 12.5 Å². The molecule has 1 fully saturated rings. The van der Waals surface area contributed by atoms with Gasteiger partial charge in [-0.1, -0.05) is 0 Å². The number of likely N-dealkylation sites (tertiary alicyclic amines) is 1. The molecule has 0 amide bonds. The van der Waals surface area contributed by atoms with Crippen molar-refractivity contribution in [3.63, 3.8) is 0 Å². The third-order valence-electron chi connectivity index (χ3n) is 1.79. The third kappa shape index (κ3) is 2.39. The maximum atomic E-state index is 5.02. The van der Waals surface area contributed by atoms with Crippen LogP contribution in [0.5, 0.6) is 0 Å². The summed E-state index contributed by atoms with van der Waals surface area (Å²) in [7, 11) is 2.16. The van der Waals surface area contributed by atoms with Gasteiger partial charge in [0.05, 0.1) is 6.61 Å². The Morgan fingerprint density at radius 2 is 2.56 bits per heavy atom. The van der Waals surface area contributed by atoms with Gasteiger partial charge in [-0.25, -0.2) is 0 Å². The highest BCUT2D eigenvalue weighted by Crippen LogP contribution is 2.14. The highest BCUT2D eigenvalue weighted by Gasteiger charge is 2.18. The average molecular weight is 241 g/mol. The van der Waals surface area contributed by atoms with Gasteiger partial charge in [0.2, 0.25) is 0 Å². The molecule has 1 unspecified atom stereocenters. The number of rotatable bonds is 2. The molecule has 0 N–H and O–H groups in total. The van der Waals surface area contributed by atoms with E-state index >= 15 is 0 Å². The number of hydrogen-bond acceptors (Lipinski definition) is 2. The first-order valence-electron chi connectivity index (χ1n) is 3.25. The van der Waals surface area contributed by atoms with Crippen molar-refractivity contribution in [3.05, 3.63) is 0 Å². The molecule has 0 aromatic heterocycles. The Labute approximate surface area is 70.2 Å². The molecule has 1 aliphatic heterocycles. The van der Waals surface area contributed by atoms with Crippen molar-refractivity contribution in [2.75, 3.05) is 26.7 Å². The van der Waals surface area contributed by atoms with E-state index in [1.165, 1.54) is 19.5 Å². The predicted octanol–water partition coefficient (Wildman–Crippen LogP) is 1.30. The monoisotopic (exact) mass is 241 g/mol. The van der Waals surface area contributed by atoms with E-state index in [0.29, 0.717) is 0 Å². The van der Waals surface area contributed by atoms with Gasteiger partial charge in [-0.2, -0.15) is 0 Å². The van der Waals surface area contributed by atoms with Crippen LogP contribution in [0.15, 0.2) is 0 Å². The Bertz CT molecular complexity index is 87.1. The van der Waals surface area contributed by atoms with Gasteiger partial charge in [-0.05, 0) is 25.9 Å². The lowest BCUT2D eigenvalue weighted by atomic mass is 10.1. The second kappa shape index (κ2) is 3.73. The molecular weight excluding hydrogens is 229 g/mol. The van der Waals surface area contributed by atoms with Crippen molar-refractivity contribution >= 4 is 23.0 Å². The summed E-state index contributed by atoms with van der Waals surface area (Å²) < 4.78 is 5.02. The SMILES string of the molecule is CN1CCC(COI)C1. The van der Waals surface area contributed by atoms with Crippen LogP contribution in [-0.2, 0) is 3.07 Å². The highest BCUT2D eigenvalue weighted by atomic mass is 127. The lowest BCUT2D eigenvalue weighted by molar-refractivity contribution is 0.313. The van der Waals surface area contributed by atoms with Gasteiger partial charge in [-0.3, -0.25) is 0 Å². The zero-order valence-corrected chi connectivity index (χ0v) is 7.80. The Morgan fingerprint density at radius 3 is 3.00 bits per heavy atom. The third-order valence-corrected chi connectivity index (χ3v) is 2.15. The fraction of sp³-hybridized carbons (Fsp3) is 1.00. The van der Waals surface area contributed by atoms with Crippen LogP contribution < -0.4 is 0 Å². The minimum Gasteiger partial charge on any atom is -0.315 e. The van der Waals surface area contributed by atoms with Crippen LogP contribution in [0.1, 0.15) is 6.42 Å². The zero-order valence-electron chi connectivity index (χ0n) is 5.64. The van der Waals surface area contributed by atoms with Gasteiger partial charge < -0.3 is 7.97 Å². The first-order valence-corrected chi connectivity index (χ1v) is 4.13. The summed E-state index contributed by atoms with van der Waals surface area (Å²) in [5.74, 6) is 0.784. The molecule has 1 aliphatic rings. The summed E-state index contributed by atoms with van der Waals surface area (Å²) in [6.07, 6.45) is 1.31. The molecule has 0 aromatic carbocycles. The van der Waals surface area contributed by atoms with E-state index in [1.54, 1.807) is 0 Å². The number of nitrogens with zero attached hydrogens (tertiary/aromatic N) is 1. The van der Waals surface area contributed by atoms with Crippen LogP contribution in [0.2, 0.25) is 0 Å². The van der Waals surface area contributed by atoms with Crippen molar-refractivity contribution in [1.82, 2.24) is 4.90 Å². The summed E-state index contributed by atoms with van der Waals surface area (Å²) >= 11 is 1.97. The highest BCUT2D eigenvalue weighted by molar-refractivity contribution is 14.1. The van der Waals surface area contributed by atoms with E-state index in [-0.39, 0.29) is 0 Å². The predicted molar refractivity (Wildman–Crippen MR) is 45.6 cm³/mol. The van der Waals surface area contributed by atoms with E-state index in [1.807, 2.05) is 23.0 Å². The summed E-state index contributed by atoms with van der Waals surface area (Å²) in [4.78, 5) is 2.35. The Kier molecular flexibility index (Phi) is 3.21. The standard InChI is InChI=1S/C6H12INO/c1-8-3-2-6(4-8)5-9-7/h6H,2-5H2,1H3. The molecule has 1 saturated heterocycles. The maximum Gasteiger partial charge on any atom is 0.109 e. The minimum atomic E-state index is 0.784. The van der Waals surface area contributed by atoms with E-state index in [2.05, 4.69) is 11.9 Å². The second-order valence-electron chi connectivity index (χ2n) is 2.69. The molecule has 0 spiro atoms. The van der Waals surface area contributed by atoms with Crippen LogP contribution in [0.3, 0.4) is 0 Å². The van der Waals surface area contributed by atoms with Crippen molar-refractivity contribution in [3.8, 4) is 0 Å². The van der Waals surface area contributed by atoms with E-state index in [9.17, 15) is 0 Å². The van der Waals surface area contributed by atoms with Gasteiger partial charge in [-0.15, -0.1) is 0 Å². The molecule has 0 saturated carbocycles. The van der Waals surface area contributed by atoms with Gasteiger partial charge in [0.15, 0.2) is 0 Å². The zero-order chi connectivity index (χ0) is 6.69. The van der Waals surface area contributed by atoms with E-state index < -0.39 is 0 Å². The summed E-state index contributed by atoms with van der Waals surface area (Å²) in [5.41, 5.74) is 0. The molecule has 1 rings (SSSR count). The normalized spacial score (nSPS) is 29.3. The van der Waals surface area contributed by atoms with Gasteiger partial charge >= 0.3 is 0 Å². The van der Waals surface area contributed by atoms with Crippen LogP contribution in [0.25, 0.3) is 0 Å². The number of hydrogen-bond donors (Lipinski definition) is 0. The first-order chi connectivity index (χ1) is 4.33. The molecule has 0 radical (unpaired) electrons. The lowest BCUT2D eigenvalue weighted by Gasteiger charge is -2.06. The summed E-state index contributed by atoms with van der Waals surface area (Å²) in [6.45, 7) is 3.37. The van der Waals surface area contributed by atoms with Crippen molar-refractivity contribution in [1.29, 1.82) is 0 Å². The molecule has 9 heavy (non-hydrogen) atoms. The second-order valence-corrected chi connectivity index (χ2v) is 3.32. The minimum absolute atomic E-state index is 0.784. The molecule has 2 nitrogen and oxygen atoms in total. The summed E-state index contributed by atoms with van der Waals surface area (Å²) in [6, 6.07) is 0. The maximum absolute atomic E-state index is 5.02. The van der Waals surface area contributed by atoms with Crippen LogP contribution in [0, 0.1) is 5.92 Å². The molecule has 1 atom stereocenters. The fourth-order valence-electron chi connectivity index (χ4n) is 1.25. The van der Waals surface area contributed by atoms with Crippen LogP contribution in [0.4, 0.5) is 0 Å². The Hall–Kier alpha value is 0.650. The lowest BCUT2D eigenvalue weighted by Crippen LogP contribution is -2.15. The quantitative estimate of drug-likeness (QED) is 0.676. The number of halogens is 1. The molecule has 1 heterocycles. The Balaban J connectivity index is 2.14. The Morgan fingerprint density at radius 1 is 1.78 bits per heavy atom. The first kappa shape index (κ1) is 7.75. The molecule has 0 bridgehead atoms. The molecule has 0 aromatic rings. The van der Waals surface area contributed by atoms with Crippen molar-refractivity contribution < 1.29 is 3.07 Å². The van der Waals surface area contributed by atoms with Crippen molar-refractivity contribution in [2.24, 2.45) is 5.92 Å². The average Bonchev–Trinajstić information content (AvgIpc) is 2.17. The molecule has 0 aliphatic carbocycles. The molecular formula is C6H12INO. The van der Waals surface area contributed by atoms with Crippen molar-refractivity contribution in [2.45, 2.75) is 6.42 Å². The van der Waals surface area contributed by atoms with Gasteiger partial charge in [0, 0.05) is 6.54 Å². The molecule has 3 heteroatoms. The smallest absolute Gasteiger partial charge is 0.109 e. The largest absolute Gasteiger partial charge is 0.315 e. The van der Waals surface area contributed by atoms with Crippen LogP contribution >= 0.6 is 23.0 Å². The molecule has 54 valence electrons. The van der Waals surface area contributed by atoms with Crippen LogP contribution in [-0.4, -0.2) is 31.6 Å². The van der Waals surface area contributed by atoms with Gasteiger partial charge in [0.25, 0.3) is 0 Å². The van der Waals surface area contributed by atoms with E-state index in [4.69, 9.17) is 3.07 Å². The van der Waals surface area contributed by atoms with Gasteiger partial charge in [0.1, 0.15) is 23.0 Å².